The topological polar surface area (TPSA) is 68.4 Å². The average Bonchev–Trinajstić information content (AvgIpc) is 2.42. The first kappa shape index (κ1) is 12.5. The van der Waals surface area contributed by atoms with Crippen LogP contribution in [0.1, 0.15) is 11.1 Å². The van der Waals surface area contributed by atoms with E-state index in [2.05, 4.69) is 4.98 Å². The number of nitrogens with zero attached hydrogens (tertiary/aromatic N) is 1. The molecule has 94 valence electrons. The van der Waals surface area contributed by atoms with E-state index in [9.17, 15) is 0 Å². The van der Waals surface area contributed by atoms with Crippen molar-refractivity contribution in [3.63, 3.8) is 0 Å². The fraction of sp³-hybridized carbons (Fsp3) is 0.214. The lowest BCUT2D eigenvalue weighted by Gasteiger charge is -2.11. The molecule has 4 nitrogen and oxygen atoms in total. The van der Waals surface area contributed by atoms with Crippen LogP contribution in [0.15, 0.2) is 42.6 Å². The van der Waals surface area contributed by atoms with Crippen molar-refractivity contribution in [1.82, 2.24) is 4.98 Å². The van der Waals surface area contributed by atoms with Gasteiger partial charge >= 0.3 is 0 Å². The summed E-state index contributed by atoms with van der Waals surface area (Å²) in [6, 6.07) is 11.3. The molecule has 0 saturated carbocycles. The zero-order valence-corrected chi connectivity index (χ0v) is 10.0. The molecule has 0 aliphatic carbocycles. The lowest BCUT2D eigenvalue weighted by Crippen LogP contribution is -2.02. The average molecular weight is 244 g/mol. The van der Waals surface area contributed by atoms with Gasteiger partial charge < -0.3 is 15.6 Å². The Balaban J connectivity index is 2.28. The van der Waals surface area contributed by atoms with E-state index >= 15 is 0 Å². The molecule has 1 heterocycles. The van der Waals surface area contributed by atoms with Gasteiger partial charge in [0.15, 0.2) is 0 Å². The summed E-state index contributed by atoms with van der Waals surface area (Å²) in [7, 11) is 0. The van der Waals surface area contributed by atoms with Gasteiger partial charge in [0.2, 0.25) is 5.88 Å². The molecule has 2 rings (SSSR count). The maximum Gasteiger partial charge on any atom is 0.223 e. The van der Waals surface area contributed by atoms with Crippen LogP contribution in [0.3, 0.4) is 0 Å². The van der Waals surface area contributed by atoms with Crippen LogP contribution in [0, 0.1) is 0 Å². The molecule has 3 N–H and O–H groups in total. The molecule has 1 aromatic carbocycles. The number of aliphatic hydroxyl groups excluding tert-OH is 1. The highest BCUT2D eigenvalue weighted by Crippen LogP contribution is 2.26. The Morgan fingerprint density at radius 2 is 1.89 bits per heavy atom. The third-order valence-electron chi connectivity index (χ3n) is 2.63. The molecule has 2 aromatic rings. The smallest absolute Gasteiger partial charge is 0.223 e. The Morgan fingerprint density at radius 1 is 1.11 bits per heavy atom. The van der Waals surface area contributed by atoms with Gasteiger partial charge in [0, 0.05) is 24.9 Å². The third kappa shape index (κ3) is 2.85. The summed E-state index contributed by atoms with van der Waals surface area (Å²) in [5.41, 5.74) is 7.45. The second kappa shape index (κ2) is 6.14. The SMILES string of the molecule is NCc1cccnc1Oc1ccccc1CCO. The largest absolute Gasteiger partial charge is 0.438 e. The Kier molecular flexibility index (Phi) is 4.28. The fourth-order valence-corrected chi connectivity index (χ4v) is 1.71. The molecular formula is C14H16N2O2. The number of hydrogen-bond donors (Lipinski definition) is 2. The maximum atomic E-state index is 9.02. The van der Waals surface area contributed by atoms with E-state index < -0.39 is 0 Å². The van der Waals surface area contributed by atoms with Crippen LogP contribution >= 0.6 is 0 Å². The molecule has 1 aromatic heterocycles. The molecule has 0 radical (unpaired) electrons. The fourth-order valence-electron chi connectivity index (χ4n) is 1.71. The Hall–Kier alpha value is -1.91. The van der Waals surface area contributed by atoms with E-state index in [1.807, 2.05) is 36.4 Å². The highest BCUT2D eigenvalue weighted by molar-refractivity contribution is 5.38. The van der Waals surface area contributed by atoms with Crippen molar-refractivity contribution in [2.75, 3.05) is 6.61 Å². The van der Waals surface area contributed by atoms with E-state index in [0.717, 1.165) is 11.1 Å². The molecule has 4 heteroatoms. The summed E-state index contributed by atoms with van der Waals surface area (Å²) in [4.78, 5) is 4.18. The van der Waals surface area contributed by atoms with Crippen molar-refractivity contribution in [1.29, 1.82) is 0 Å². The molecule has 0 amide bonds. The predicted molar refractivity (Wildman–Crippen MR) is 69.4 cm³/mol. The number of rotatable bonds is 5. The standard InChI is InChI=1S/C14H16N2O2/c15-10-12-5-3-8-16-14(12)18-13-6-2-1-4-11(13)7-9-17/h1-6,8,17H,7,9-10,15H2. The van der Waals surface area contributed by atoms with Crippen LogP contribution in [-0.2, 0) is 13.0 Å². The lowest BCUT2D eigenvalue weighted by atomic mass is 10.1. The van der Waals surface area contributed by atoms with Gasteiger partial charge in [0.25, 0.3) is 0 Å². The molecule has 0 unspecified atom stereocenters. The normalized spacial score (nSPS) is 10.3. The van der Waals surface area contributed by atoms with Gasteiger partial charge in [0.1, 0.15) is 5.75 Å². The van der Waals surface area contributed by atoms with Crippen molar-refractivity contribution in [3.05, 3.63) is 53.7 Å². The summed E-state index contributed by atoms with van der Waals surface area (Å²) in [6.45, 7) is 0.470. The Morgan fingerprint density at radius 3 is 2.67 bits per heavy atom. The minimum atomic E-state index is 0.0896. The van der Waals surface area contributed by atoms with Crippen molar-refractivity contribution < 1.29 is 9.84 Å². The van der Waals surface area contributed by atoms with Crippen molar-refractivity contribution in [3.8, 4) is 11.6 Å². The minimum Gasteiger partial charge on any atom is -0.438 e. The maximum absolute atomic E-state index is 9.02. The first-order chi connectivity index (χ1) is 8.85. The number of aromatic nitrogens is 1. The molecule has 0 aliphatic rings. The van der Waals surface area contributed by atoms with Crippen LogP contribution < -0.4 is 10.5 Å². The van der Waals surface area contributed by atoms with Gasteiger partial charge in [0.05, 0.1) is 0 Å². The van der Waals surface area contributed by atoms with Crippen LogP contribution in [-0.4, -0.2) is 16.7 Å². The molecule has 0 spiro atoms. The van der Waals surface area contributed by atoms with E-state index in [1.54, 1.807) is 6.20 Å². The van der Waals surface area contributed by atoms with Gasteiger partial charge in [-0.05, 0) is 24.1 Å². The number of hydrogen-bond acceptors (Lipinski definition) is 4. The number of para-hydroxylation sites is 1. The highest BCUT2D eigenvalue weighted by atomic mass is 16.5. The zero-order valence-electron chi connectivity index (χ0n) is 10.0. The van der Waals surface area contributed by atoms with Gasteiger partial charge in [-0.25, -0.2) is 4.98 Å². The summed E-state index contributed by atoms with van der Waals surface area (Å²) >= 11 is 0. The third-order valence-corrected chi connectivity index (χ3v) is 2.63. The molecule has 0 fully saturated rings. The molecule has 0 bridgehead atoms. The first-order valence-electron chi connectivity index (χ1n) is 5.85. The number of pyridine rings is 1. The van der Waals surface area contributed by atoms with E-state index in [-0.39, 0.29) is 6.61 Å². The van der Waals surface area contributed by atoms with Crippen molar-refractivity contribution >= 4 is 0 Å². The molecular weight excluding hydrogens is 228 g/mol. The summed E-state index contributed by atoms with van der Waals surface area (Å²) < 4.78 is 5.78. The number of aliphatic hydroxyl groups is 1. The van der Waals surface area contributed by atoms with Gasteiger partial charge in [-0.15, -0.1) is 0 Å². The summed E-state index contributed by atoms with van der Waals surface area (Å²) in [5.74, 6) is 1.23. The van der Waals surface area contributed by atoms with Crippen molar-refractivity contribution in [2.24, 2.45) is 5.73 Å². The second-order valence-electron chi connectivity index (χ2n) is 3.86. The first-order valence-corrected chi connectivity index (χ1v) is 5.85. The summed E-state index contributed by atoms with van der Waals surface area (Å²) in [6.07, 6.45) is 2.23. The van der Waals surface area contributed by atoms with E-state index in [4.69, 9.17) is 15.6 Å². The molecule has 0 aliphatic heterocycles. The molecule has 18 heavy (non-hydrogen) atoms. The number of benzene rings is 1. The zero-order chi connectivity index (χ0) is 12.8. The second-order valence-corrected chi connectivity index (χ2v) is 3.86. The van der Waals surface area contributed by atoms with Gasteiger partial charge in [-0.2, -0.15) is 0 Å². The van der Waals surface area contributed by atoms with Crippen LogP contribution in [0.4, 0.5) is 0 Å². The van der Waals surface area contributed by atoms with Crippen LogP contribution in [0.2, 0.25) is 0 Å². The quantitative estimate of drug-likeness (QED) is 0.842. The Labute approximate surface area is 106 Å². The minimum absolute atomic E-state index is 0.0896. The summed E-state index contributed by atoms with van der Waals surface area (Å²) in [5, 5.41) is 9.02. The Bertz CT molecular complexity index is 515. The number of ether oxygens (including phenoxy) is 1. The van der Waals surface area contributed by atoms with E-state index in [0.29, 0.717) is 24.6 Å². The lowest BCUT2D eigenvalue weighted by molar-refractivity contribution is 0.297. The van der Waals surface area contributed by atoms with Crippen LogP contribution in [0.25, 0.3) is 0 Å². The highest BCUT2D eigenvalue weighted by Gasteiger charge is 2.07. The van der Waals surface area contributed by atoms with Gasteiger partial charge in [-0.3, -0.25) is 0 Å². The molecule has 0 saturated heterocycles. The van der Waals surface area contributed by atoms with Gasteiger partial charge in [-0.1, -0.05) is 24.3 Å². The van der Waals surface area contributed by atoms with Crippen LogP contribution in [0.5, 0.6) is 11.6 Å². The molecule has 0 atom stereocenters. The van der Waals surface area contributed by atoms with E-state index in [1.165, 1.54) is 0 Å². The predicted octanol–water partition coefficient (Wildman–Crippen LogP) is 1.87. The number of nitrogens with two attached hydrogens (primary N) is 1. The monoisotopic (exact) mass is 244 g/mol. The van der Waals surface area contributed by atoms with Crippen molar-refractivity contribution in [2.45, 2.75) is 13.0 Å².